The van der Waals surface area contributed by atoms with E-state index in [4.69, 9.17) is 15.4 Å². The summed E-state index contributed by atoms with van der Waals surface area (Å²) < 4.78 is 6.15. The standard InChI is InChI=1S/C11H8BrN3O/c1-6-2-7(4-8(12)3-6)11-15-9(5-13)10(14)16-11/h2-4H,14H2,1H3. The molecule has 1 aromatic heterocycles. The van der Waals surface area contributed by atoms with E-state index in [1.165, 1.54) is 0 Å². The number of nitrogens with two attached hydrogens (primary N) is 1. The number of benzene rings is 1. The Balaban J connectivity index is 2.55. The molecule has 0 amide bonds. The van der Waals surface area contributed by atoms with Crippen LogP contribution in [0, 0.1) is 18.3 Å². The van der Waals surface area contributed by atoms with Gasteiger partial charge in [0.05, 0.1) is 0 Å². The summed E-state index contributed by atoms with van der Waals surface area (Å²) in [5, 5.41) is 8.73. The normalized spacial score (nSPS) is 10.1. The average Bonchev–Trinajstić information content (AvgIpc) is 2.58. The van der Waals surface area contributed by atoms with Crippen LogP contribution in [-0.2, 0) is 0 Å². The van der Waals surface area contributed by atoms with Gasteiger partial charge in [-0.3, -0.25) is 0 Å². The number of aryl methyl sites for hydroxylation is 1. The summed E-state index contributed by atoms with van der Waals surface area (Å²) in [6.07, 6.45) is 0. The number of oxazole rings is 1. The van der Waals surface area contributed by atoms with Gasteiger partial charge in [-0.1, -0.05) is 15.9 Å². The van der Waals surface area contributed by atoms with Crippen LogP contribution in [0.4, 0.5) is 5.88 Å². The van der Waals surface area contributed by atoms with E-state index >= 15 is 0 Å². The molecule has 0 radical (unpaired) electrons. The summed E-state index contributed by atoms with van der Waals surface area (Å²) in [7, 11) is 0. The molecule has 0 spiro atoms. The maximum Gasteiger partial charge on any atom is 0.230 e. The molecule has 16 heavy (non-hydrogen) atoms. The van der Waals surface area contributed by atoms with Gasteiger partial charge in [-0.2, -0.15) is 10.2 Å². The Morgan fingerprint density at radius 1 is 1.44 bits per heavy atom. The first-order valence-electron chi connectivity index (χ1n) is 4.54. The third-order valence-corrected chi connectivity index (χ3v) is 2.51. The fourth-order valence-electron chi connectivity index (χ4n) is 1.40. The lowest BCUT2D eigenvalue weighted by Gasteiger charge is -1.99. The molecule has 0 saturated heterocycles. The quantitative estimate of drug-likeness (QED) is 0.870. The zero-order chi connectivity index (χ0) is 11.7. The van der Waals surface area contributed by atoms with E-state index in [1.807, 2.05) is 31.2 Å². The Morgan fingerprint density at radius 3 is 2.75 bits per heavy atom. The minimum Gasteiger partial charge on any atom is -0.419 e. The highest BCUT2D eigenvalue weighted by molar-refractivity contribution is 9.10. The minimum atomic E-state index is 0.0510. The van der Waals surface area contributed by atoms with Crippen LogP contribution < -0.4 is 5.73 Å². The summed E-state index contributed by atoms with van der Waals surface area (Å²) in [4.78, 5) is 4.01. The molecule has 4 nitrogen and oxygen atoms in total. The first kappa shape index (κ1) is 10.7. The maximum absolute atomic E-state index is 8.73. The highest BCUT2D eigenvalue weighted by atomic mass is 79.9. The summed E-state index contributed by atoms with van der Waals surface area (Å²) in [5.74, 6) is 0.411. The maximum atomic E-state index is 8.73. The van der Waals surface area contributed by atoms with Crippen molar-refractivity contribution in [3.63, 3.8) is 0 Å². The number of aromatic nitrogens is 1. The number of rotatable bonds is 1. The largest absolute Gasteiger partial charge is 0.419 e. The van der Waals surface area contributed by atoms with Crippen molar-refractivity contribution in [2.75, 3.05) is 5.73 Å². The summed E-state index contributed by atoms with van der Waals surface area (Å²) in [6.45, 7) is 1.96. The van der Waals surface area contributed by atoms with Crippen LogP contribution in [0.5, 0.6) is 0 Å². The summed E-state index contributed by atoms with van der Waals surface area (Å²) in [5.41, 5.74) is 7.48. The predicted octanol–water partition coefficient (Wildman–Crippen LogP) is 2.87. The SMILES string of the molecule is Cc1cc(Br)cc(-c2nc(C#N)c(N)o2)c1. The highest BCUT2D eigenvalue weighted by Crippen LogP contribution is 2.26. The first-order valence-corrected chi connectivity index (χ1v) is 5.33. The van der Waals surface area contributed by atoms with Crippen LogP contribution in [-0.4, -0.2) is 4.98 Å². The summed E-state index contributed by atoms with van der Waals surface area (Å²) in [6, 6.07) is 7.62. The van der Waals surface area contributed by atoms with Crippen LogP contribution in [0.3, 0.4) is 0 Å². The first-order chi connectivity index (χ1) is 7.60. The third-order valence-electron chi connectivity index (χ3n) is 2.05. The number of nitrogen functional groups attached to an aromatic ring is 1. The Bertz CT molecular complexity index is 563. The highest BCUT2D eigenvalue weighted by Gasteiger charge is 2.12. The van der Waals surface area contributed by atoms with Gasteiger partial charge in [-0.05, 0) is 30.7 Å². The van der Waals surface area contributed by atoms with E-state index in [9.17, 15) is 0 Å². The van der Waals surface area contributed by atoms with Gasteiger partial charge in [0.2, 0.25) is 17.5 Å². The minimum absolute atomic E-state index is 0.0510. The van der Waals surface area contributed by atoms with Gasteiger partial charge in [0.15, 0.2) is 0 Å². The lowest BCUT2D eigenvalue weighted by molar-refractivity contribution is 0.593. The van der Waals surface area contributed by atoms with E-state index in [2.05, 4.69) is 20.9 Å². The van der Waals surface area contributed by atoms with Crippen LogP contribution >= 0.6 is 15.9 Å². The molecule has 80 valence electrons. The molecule has 0 atom stereocenters. The topological polar surface area (TPSA) is 75.8 Å². The zero-order valence-electron chi connectivity index (χ0n) is 8.49. The van der Waals surface area contributed by atoms with Gasteiger partial charge >= 0.3 is 0 Å². The molecule has 0 aliphatic rings. The van der Waals surface area contributed by atoms with Crippen molar-refractivity contribution in [1.29, 1.82) is 5.26 Å². The van der Waals surface area contributed by atoms with E-state index < -0.39 is 0 Å². The number of nitrogens with zero attached hydrogens (tertiary/aromatic N) is 2. The van der Waals surface area contributed by atoms with E-state index in [-0.39, 0.29) is 11.6 Å². The second-order valence-corrected chi connectivity index (χ2v) is 4.28. The third kappa shape index (κ3) is 1.92. The van der Waals surface area contributed by atoms with Gasteiger partial charge in [0, 0.05) is 10.0 Å². The molecular formula is C11H8BrN3O. The molecular weight excluding hydrogens is 270 g/mol. The number of anilines is 1. The van der Waals surface area contributed by atoms with Crippen molar-refractivity contribution in [3.8, 4) is 17.5 Å². The monoisotopic (exact) mass is 277 g/mol. The van der Waals surface area contributed by atoms with Crippen LogP contribution in [0.15, 0.2) is 27.1 Å². The number of hydrogen-bond acceptors (Lipinski definition) is 4. The van der Waals surface area contributed by atoms with Crippen molar-refractivity contribution in [3.05, 3.63) is 33.9 Å². The fraction of sp³-hybridized carbons (Fsp3) is 0.0909. The second kappa shape index (κ2) is 3.99. The number of hydrogen-bond donors (Lipinski definition) is 1. The molecule has 2 rings (SSSR count). The molecule has 0 fully saturated rings. The second-order valence-electron chi connectivity index (χ2n) is 3.36. The average molecular weight is 278 g/mol. The number of halogens is 1. The lowest BCUT2D eigenvalue weighted by Crippen LogP contribution is -1.84. The van der Waals surface area contributed by atoms with Gasteiger partial charge in [0.1, 0.15) is 6.07 Å². The Kier molecular flexibility index (Phi) is 2.67. The molecule has 0 bridgehead atoms. The van der Waals surface area contributed by atoms with Crippen LogP contribution in [0.2, 0.25) is 0 Å². The van der Waals surface area contributed by atoms with Crippen molar-refractivity contribution in [2.45, 2.75) is 6.92 Å². The molecule has 1 aromatic carbocycles. The van der Waals surface area contributed by atoms with E-state index in [0.29, 0.717) is 5.89 Å². The van der Waals surface area contributed by atoms with Crippen molar-refractivity contribution in [2.24, 2.45) is 0 Å². The summed E-state index contributed by atoms with van der Waals surface area (Å²) >= 11 is 3.39. The smallest absolute Gasteiger partial charge is 0.230 e. The predicted molar refractivity (Wildman–Crippen MR) is 63.5 cm³/mol. The van der Waals surface area contributed by atoms with Crippen LogP contribution in [0.1, 0.15) is 11.3 Å². The zero-order valence-corrected chi connectivity index (χ0v) is 10.1. The van der Waals surface area contributed by atoms with Crippen LogP contribution in [0.25, 0.3) is 11.5 Å². The fourth-order valence-corrected chi connectivity index (χ4v) is 2.00. The molecule has 0 saturated carbocycles. The lowest BCUT2D eigenvalue weighted by atomic mass is 10.1. The van der Waals surface area contributed by atoms with E-state index in [1.54, 1.807) is 0 Å². The van der Waals surface area contributed by atoms with Gasteiger partial charge < -0.3 is 10.2 Å². The Labute approximate surface area is 101 Å². The molecule has 1 heterocycles. The van der Waals surface area contributed by atoms with E-state index in [0.717, 1.165) is 15.6 Å². The van der Waals surface area contributed by atoms with Gasteiger partial charge in [-0.15, -0.1) is 0 Å². The van der Waals surface area contributed by atoms with Gasteiger partial charge in [0.25, 0.3) is 0 Å². The Morgan fingerprint density at radius 2 is 2.19 bits per heavy atom. The van der Waals surface area contributed by atoms with Crippen molar-refractivity contribution >= 4 is 21.8 Å². The van der Waals surface area contributed by atoms with Crippen molar-refractivity contribution in [1.82, 2.24) is 4.98 Å². The molecule has 0 aliphatic carbocycles. The molecule has 0 aliphatic heterocycles. The molecule has 0 unspecified atom stereocenters. The molecule has 2 aromatic rings. The Hall–Kier alpha value is -1.80. The molecule has 2 N–H and O–H groups in total. The molecule has 5 heteroatoms. The number of nitriles is 1. The van der Waals surface area contributed by atoms with Gasteiger partial charge in [-0.25, -0.2) is 0 Å². The van der Waals surface area contributed by atoms with Crippen molar-refractivity contribution < 1.29 is 4.42 Å².